The van der Waals surface area contributed by atoms with Gasteiger partial charge in [0.15, 0.2) is 0 Å². The Hall–Kier alpha value is -1.60. The summed E-state index contributed by atoms with van der Waals surface area (Å²) in [5, 5.41) is 15.5. The third-order valence-electron chi connectivity index (χ3n) is 3.03. The number of nitrogens with zero attached hydrogens (tertiary/aromatic N) is 2. The summed E-state index contributed by atoms with van der Waals surface area (Å²) >= 11 is 0. The van der Waals surface area contributed by atoms with Crippen LogP contribution >= 0.6 is 0 Å². The Bertz CT molecular complexity index is 384. The summed E-state index contributed by atoms with van der Waals surface area (Å²) in [6, 6.07) is 5.68. The van der Waals surface area contributed by atoms with Crippen LogP contribution in [0.3, 0.4) is 0 Å². The zero-order valence-electron chi connectivity index (χ0n) is 9.45. The predicted molar refractivity (Wildman–Crippen MR) is 63.1 cm³/mol. The van der Waals surface area contributed by atoms with E-state index in [1.807, 2.05) is 12.1 Å². The van der Waals surface area contributed by atoms with Crippen molar-refractivity contribution in [1.82, 2.24) is 10.3 Å². The molecule has 1 fully saturated rings. The molecule has 0 bridgehead atoms. The number of nitrogens with one attached hydrogen (secondary N) is 2. The molecule has 0 atom stereocenters. The fourth-order valence-corrected chi connectivity index (χ4v) is 1.99. The van der Waals surface area contributed by atoms with Crippen molar-refractivity contribution in [2.45, 2.75) is 25.3 Å². The van der Waals surface area contributed by atoms with Crippen molar-refractivity contribution < 1.29 is 0 Å². The van der Waals surface area contributed by atoms with Gasteiger partial charge in [0.05, 0.1) is 11.9 Å². The van der Waals surface area contributed by atoms with Crippen LogP contribution in [0.15, 0.2) is 18.3 Å². The molecule has 0 radical (unpaired) electrons. The summed E-state index contributed by atoms with van der Waals surface area (Å²) in [7, 11) is 0. The normalized spacial score (nSPS) is 18.8. The van der Waals surface area contributed by atoms with E-state index in [4.69, 9.17) is 5.26 Å². The monoisotopic (exact) mass is 216 g/mol. The minimum absolute atomic E-state index is 0.140. The maximum absolute atomic E-state index is 8.66. The smallest absolute Gasteiger partial charge is 0.140 e. The molecule has 1 aromatic rings. The van der Waals surface area contributed by atoms with Gasteiger partial charge in [-0.2, -0.15) is 5.26 Å². The summed E-state index contributed by atoms with van der Waals surface area (Å²) in [6.07, 6.45) is 3.94. The highest BCUT2D eigenvalue weighted by atomic mass is 15.0. The first-order valence-corrected chi connectivity index (χ1v) is 5.57. The molecule has 1 saturated heterocycles. The number of nitriles is 1. The molecule has 0 saturated carbocycles. The number of hydrogen-bond acceptors (Lipinski definition) is 4. The minimum Gasteiger partial charge on any atom is -0.379 e. The third-order valence-corrected chi connectivity index (χ3v) is 3.03. The summed E-state index contributed by atoms with van der Waals surface area (Å²) in [6.45, 7) is 4.33. The van der Waals surface area contributed by atoms with E-state index in [0.29, 0.717) is 5.69 Å². The van der Waals surface area contributed by atoms with Crippen molar-refractivity contribution in [2.75, 3.05) is 18.4 Å². The first kappa shape index (κ1) is 10.9. The van der Waals surface area contributed by atoms with Gasteiger partial charge in [0.1, 0.15) is 11.8 Å². The van der Waals surface area contributed by atoms with Gasteiger partial charge < -0.3 is 10.6 Å². The Balaban J connectivity index is 2.05. The molecule has 16 heavy (non-hydrogen) atoms. The molecule has 2 N–H and O–H groups in total. The third kappa shape index (κ3) is 2.50. The highest BCUT2D eigenvalue weighted by Gasteiger charge is 2.26. The van der Waals surface area contributed by atoms with E-state index in [1.165, 1.54) is 0 Å². The molecule has 84 valence electrons. The fourth-order valence-electron chi connectivity index (χ4n) is 1.99. The molecule has 0 amide bonds. The SMILES string of the molecule is CC1(Nc2ccc(C#N)nc2)CCNCC1. The summed E-state index contributed by atoms with van der Waals surface area (Å²) < 4.78 is 0. The summed E-state index contributed by atoms with van der Waals surface area (Å²) in [5.74, 6) is 0. The maximum Gasteiger partial charge on any atom is 0.140 e. The Morgan fingerprint density at radius 3 is 2.75 bits per heavy atom. The van der Waals surface area contributed by atoms with Crippen LogP contribution in [0.1, 0.15) is 25.5 Å². The van der Waals surface area contributed by atoms with Gasteiger partial charge >= 0.3 is 0 Å². The molecule has 1 aliphatic rings. The Morgan fingerprint density at radius 2 is 2.19 bits per heavy atom. The molecular weight excluding hydrogens is 200 g/mol. The van der Waals surface area contributed by atoms with Crippen LogP contribution in [-0.4, -0.2) is 23.6 Å². The number of anilines is 1. The average Bonchev–Trinajstić information content (AvgIpc) is 2.30. The second-order valence-corrected chi connectivity index (χ2v) is 4.48. The van der Waals surface area contributed by atoms with Crippen molar-refractivity contribution in [1.29, 1.82) is 5.26 Å². The van der Waals surface area contributed by atoms with Crippen molar-refractivity contribution in [3.63, 3.8) is 0 Å². The second kappa shape index (κ2) is 4.50. The Labute approximate surface area is 95.7 Å². The highest BCUT2D eigenvalue weighted by molar-refractivity contribution is 5.45. The van der Waals surface area contributed by atoms with Gasteiger partial charge in [-0.05, 0) is 45.0 Å². The summed E-state index contributed by atoms with van der Waals surface area (Å²) in [4.78, 5) is 4.05. The van der Waals surface area contributed by atoms with E-state index in [2.05, 4.69) is 22.5 Å². The number of aromatic nitrogens is 1. The Morgan fingerprint density at radius 1 is 1.44 bits per heavy atom. The van der Waals surface area contributed by atoms with Gasteiger partial charge in [0.2, 0.25) is 0 Å². The maximum atomic E-state index is 8.66. The van der Waals surface area contributed by atoms with Gasteiger partial charge in [-0.1, -0.05) is 0 Å². The highest BCUT2D eigenvalue weighted by Crippen LogP contribution is 2.23. The fraction of sp³-hybridized carbons (Fsp3) is 0.500. The van der Waals surface area contributed by atoms with Gasteiger partial charge in [-0.3, -0.25) is 0 Å². The topological polar surface area (TPSA) is 60.7 Å². The van der Waals surface area contributed by atoms with E-state index >= 15 is 0 Å². The second-order valence-electron chi connectivity index (χ2n) is 4.48. The van der Waals surface area contributed by atoms with Gasteiger partial charge in [0.25, 0.3) is 0 Å². The van der Waals surface area contributed by atoms with Crippen molar-refractivity contribution in [3.8, 4) is 6.07 Å². The number of rotatable bonds is 2. The van der Waals surface area contributed by atoms with E-state index in [-0.39, 0.29) is 5.54 Å². The number of hydrogen-bond donors (Lipinski definition) is 2. The van der Waals surface area contributed by atoms with Crippen LogP contribution in [0.5, 0.6) is 0 Å². The lowest BCUT2D eigenvalue weighted by Gasteiger charge is -2.35. The molecule has 4 nitrogen and oxygen atoms in total. The van der Waals surface area contributed by atoms with Gasteiger partial charge in [-0.15, -0.1) is 0 Å². The Kier molecular flexibility index (Phi) is 3.07. The van der Waals surface area contributed by atoms with Crippen LogP contribution in [0.2, 0.25) is 0 Å². The van der Waals surface area contributed by atoms with E-state index < -0.39 is 0 Å². The summed E-state index contributed by atoms with van der Waals surface area (Å²) in [5.41, 5.74) is 1.59. The van der Waals surface area contributed by atoms with E-state index in [0.717, 1.165) is 31.6 Å². The molecule has 0 spiro atoms. The molecular formula is C12H16N4. The molecule has 2 heterocycles. The largest absolute Gasteiger partial charge is 0.379 e. The van der Waals surface area contributed by atoms with Crippen LogP contribution in [0, 0.1) is 11.3 Å². The van der Waals surface area contributed by atoms with E-state index in [9.17, 15) is 0 Å². The van der Waals surface area contributed by atoms with Crippen LogP contribution < -0.4 is 10.6 Å². The molecule has 1 aliphatic heterocycles. The van der Waals surface area contributed by atoms with Gasteiger partial charge in [0, 0.05) is 5.54 Å². The van der Waals surface area contributed by atoms with Crippen molar-refractivity contribution in [2.24, 2.45) is 0 Å². The quantitative estimate of drug-likeness (QED) is 0.786. The van der Waals surface area contributed by atoms with Gasteiger partial charge in [-0.25, -0.2) is 4.98 Å². The molecule has 1 aromatic heterocycles. The van der Waals surface area contributed by atoms with Crippen LogP contribution in [0.25, 0.3) is 0 Å². The standard InChI is InChI=1S/C12H16N4/c1-12(4-6-14-7-5-12)16-11-3-2-10(8-13)15-9-11/h2-3,9,14,16H,4-7H2,1H3. The molecule has 2 rings (SSSR count). The minimum atomic E-state index is 0.140. The molecule has 0 unspecified atom stereocenters. The number of piperidine rings is 1. The van der Waals surface area contributed by atoms with Crippen LogP contribution in [-0.2, 0) is 0 Å². The number of pyridine rings is 1. The average molecular weight is 216 g/mol. The first-order valence-electron chi connectivity index (χ1n) is 5.57. The zero-order chi connectivity index (χ0) is 11.4. The molecule has 0 aliphatic carbocycles. The lowest BCUT2D eigenvalue weighted by atomic mass is 9.90. The van der Waals surface area contributed by atoms with Crippen molar-refractivity contribution >= 4 is 5.69 Å². The van der Waals surface area contributed by atoms with Crippen LogP contribution in [0.4, 0.5) is 5.69 Å². The molecule has 0 aromatic carbocycles. The predicted octanol–water partition coefficient (Wildman–Crippen LogP) is 1.51. The lowest BCUT2D eigenvalue weighted by molar-refractivity contribution is 0.365. The first-order chi connectivity index (χ1) is 7.72. The lowest BCUT2D eigenvalue weighted by Crippen LogP contribution is -2.45. The molecule has 4 heteroatoms. The van der Waals surface area contributed by atoms with E-state index in [1.54, 1.807) is 12.3 Å². The van der Waals surface area contributed by atoms with Crippen molar-refractivity contribution in [3.05, 3.63) is 24.0 Å². The zero-order valence-corrected chi connectivity index (χ0v) is 9.45.